The number of hydrogen-bond acceptors (Lipinski definition) is 5. The van der Waals surface area contributed by atoms with Crippen LogP contribution in [0.5, 0.6) is 0 Å². The predicted octanol–water partition coefficient (Wildman–Crippen LogP) is 3.31. The number of sulfonamides is 1. The van der Waals surface area contributed by atoms with E-state index in [-0.39, 0.29) is 17.2 Å². The van der Waals surface area contributed by atoms with Crippen molar-refractivity contribution in [2.24, 2.45) is 11.1 Å². The lowest BCUT2D eigenvalue weighted by Crippen LogP contribution is -2.11. The Labute approximate surface area is 162 Å². The number of rotatable bonds is 7. The molecular weight excluding hydrogens is 380 g/mol. The van der Waals surface area contributed by atoms with Crippen LogP contribution < -0.4 is 5.14 Å². The van der Waals surface area contributed by atoms with Crippen molar-refractivity contribution in [1.82, 2.24) is 4.98 Å². The molecule has 0 spiro atoms. The minimum atomic E-state index is -3.79. The van der Waals surface area contributed by atoms with E-state index < -0.39 is 16.0 Å². The van der Waals surface area contributed by atoms with Crippen LogP contribution in [-0.4, -0.2) is 24.5 Å². The Hall–Kier alpha value is -2.97. The van der Waals surface area contributed by atoms with Crippen LogP contribution in [0.4, 0.5) is 0 Å². The number of aromatic nitrogens is 1. The first-order chi connectivity index (χ1) is 13.2. The zero-order valence-electron chi connectivity index (χ0n) is 15.2. The Bertz CT molecular complexity index is 1070. The summed E-state index contributed by atoms with van der Waals surface area (Å²) < 4.78 is 28.9. The highest BCUT2D eigenvalue weighted by atomic mass is 32.2. The number of nitrogens with zero attached hydrogens (tertiary/aromatic N) is 1. The summed E-state index contributed by atoms with van der Waals surface area (Å²) >= 11 is 0. The van der Waals surface area contributed by atoms with Crippen LogP contribution in [0, 0.1) is 5.92 Å². The van der Waals surface area contributed by atoms with Crippen LogP contribution in [0.1, 0.15) is 19.2 Å². The Balaban J connectivity index is 2.02. The zero-order chi connectivity index (χ0) is 20.3. The largest absolute Gasteiger partial charge is 0.481 e. The fourth-order valence-electron chi connectivity index (χ4n) is 2.90. The molecule has 1 unspecified atom stereocenters. The van der Waals surface area contributed by atoms with Crippen molar-refractivity contribution >= 4 is 16.0 Å². The van der Waals surface area contributed by atoms with Gasteiger partial charge in [0.15, 0.2) is 11.7 Å². The fraction of sp³-hybridized carbons (Fsp3) is 0.200. The molecule has 3 N–H and O–H groups in total. The molecule has 0 amide bonds. The molecule has 0 aliphatic carbocycles. The Morgan fingerprint density at radius 3 is 2.32 bits per heavy atom. The van der Waals surface area contributed by atoms with Crippen LogP contribution in [-0.2, 0) is 21.2 Å². The van der Waals surface area contributed by atoms with Crippen LogP contribution in [0.25, 0.3) is 22.6 Å². The number of carbonyl (C=O) groups is 1. The fourth-order valence-corrected chi connectivity index (χ4v) is 3.42. The number of aliphatic carboxylic acids is 1. The van der Waals surface area contributed by atoms with Gasteiger partial charge in [-0.1, -0.05) is 37.3 Å². The molecule has 3 aromatic rings. The smallest absolute Gasteiger partial charge is 0.303 e. The third-order valence-electron chi connectivity index (χ3n) is 4.21. The molecule has 0 saturated carbocycles. The van der Waals surface area contributed by atoms with Gasteiger partial charge in [0.25, 0.3) is 0 Å². The van der Waals surface area contributed by atoms with E-state index in [2.05, 4.69) is 4.98 Å². The van der Waals surface area contributed by atoms with Crippen LogP contribution in [0.2, 0.25) is 0 Å². The van der Waals surface area contributed by atoms with Crippen LogP contribution in [0.15, 0.2) is 63.9 Å². The quantitative estimate of drug-likeness (QED) is 0.627. The molecule has 28 heavy (non-hydrogen) atoms. The first-order valence-corrected chi connectivity index (χ1v) is 10.2. The molecule has 0 bridgehead atoms. The lowest BCUT2D eigenvalue weighted by atomic mass is 10.0. The summed E-state index contributed by atoms with van der Waals surface area (Å²) in [5, 5.41) is 14.1. The van der Waals surface area contributed by atoms with Crippen molar-refractivity contribution in [2.45, 2.75) is 24.7 Å². The van der Waals surface area contributed by atoms with Gasteiger partial charge in [0.2, 0.25) is 10.0 Å². The Morgan fingerprint density at radius 1 is 1.11 bits per heavy atom. The van der Waals surface area contributed by atoms with Gasteiger partial charge in [-0.05, 0) is 30.2 Å². The molecule has 0 radical (unpaired) electrons. The molecule has 0 saturated heterocycles. The molecule has 1 atom stereocenters. The number of benzene rings is 2. The van der Waals surface area contributed by atoms with Crippen LogP contribution >= 0.6 is 0 Å². The molecule has 1 aromatic heterocycles. The standard InChI is InChI=1S/C20H20N2O5S/c1-13(12-18(23)24)11-17-22-19(14-5-3-2-4-6-14)20(27-17)15-7-9-16(10-8-15)28(21,25)26/h2-10,13H,11-12H2,1H3,(H,23,24)(H2,21,25,26). The number of carboxylic acid groups (broad SMARTS) is 1. The number of oxazole rings is 1. The number of primary sulfonamides is 1. The van der Waals surface area contributed by atoms with E-state index in [1.54, 1.807) is 12.1 Å². The molecule has 146 valence electrons. The van der Waals surface area contributed by atoms with Gasteiger partial charge in [-0.25, -0.2) is 18.5 Å². The minimum absolute atomic E-state index is 0.00679. The predicted molar refractivity (Wildman–Crippen MR) is 104 cm³/mol. The molecule has 3 rings (SSSR count). The van der Waals surface area contributed by atoms with Gasteiger partial charge in [0, 0.05) is 24.0 Å². The molecule has 8 heteroatoms. The monoisotopic (exact) mass is 400 g/mol. The SMILES string of the molecule is CC(CC(=O)O)Cc1nc(-c2ccccc2)c(-c2ccc(S(N)(=O)=O)cc2)o1. The minimum Gasteiger partial charge on any atom is -0.481 e. The topological polar surface area (TPSA) is 123 Å². The second-order valence-corrected chi connectivity index (χ2v) is 8.19. The van der Waals surface area contributed by atoms with Crippen molar-refractivity contribution in [2.75, 3.05) is 0 Å². The third kappa shape index (κ3) is 4.65. The summed E-state index contributed by atoms with van der Waals surface area (Å²) in [6.45, 7) is 1.82. The summed E-state index contributed by atoms with van der Waals surface area (Å²) in [6.07, 6.45) is 0.392. The van der Waals surface area contributed by atoms with E-state index in [4.69, 9.17) is 14.7 Å². The summed E-state index contributed by atoms with van der Waals surface area (Å²) in [7, 11) is -3.79. The first-order valence-electron chi connectivity index (χ1n) is 8.64. The molecule has 0 aliphatic rings. The molecular formula is C20H20N2O5S. The van der Waals surface area contributed by atoms with Gasteiger partial charge in [-0.15, -0.1) is 0 Å². The van der Waals surface area contributed by atoms with Gasteiger partial charge < -0.3 is 9.52 Å². The zero-order valence-corrected chi connectivity index (χ0v) is 16.0. The molecule has 7 nitrogen and oxygen atoms in total. The van der Waals surface area contributed by atoms with Gasteiger partial charge in [-0.2, -0.15) is 0 Å². The van der Waals surface area contributed by atoms with Crippen molar-refractivity contribution in [3.63, 3.8) is 0 Å². The highest BCUT2D eigenvalue weighted by molar-refractivity contribution is 7.89. The van der Waals surface area contributed by atoms with E-state index >= 15 is 0 Å². The van der Waals surface area contributed by atoms with Gasteiger partial charge in [0.05, 0.1) is 4.90 Å². The lowest BCUT2D eigenvalue weighted by Gasteiger charge is -2.04. The first kappa shape index (κ1) is 19.8. The Morgan fingerprint density at radius 2 is 1.75 bits per heavy atom. The molecule has 0 aliphatic heterocycles. The van der Waals surface area contributed by atoms with E-state index in [1.165, 1.54) is 12.1 Å². The molecule has 1 heterocycles. The maximum Gasteiger partial charge on any atom is 0.303 e. The van der Waals surface area contributed by atoms with Gasteiger partial charge in [0.1, 0.15) is 5.69 Å². The number of nitrogens with two attached hydrogens (primary N) is 1. The summed E-state index contributed by atoms with van der Waals surface area (Å²) in [4.78, 5) is 15.5. The maximum atomic E-state index is 11.5. The lowest BCUT2D eigenvalue weighted by molar-refractivity contribution is -0.137. The normalized spacial score (nSPS) is 12.6. The number of carboxylic acids is 1. The van der Waals surface area contributed by atoms with Crippen molar-refractivity contribution < 1.29 is 22.7 Å². The van der Waals surface area contributed by atoms with E-state index in [1.807, 2.05) is 37.3 Å². The van der Waals surface area contributed by atoms with Crippen molar-refractivity contribution in [1.29, 1.82) is 0 Å². The molecule has 0 fully saturated rings. The van der Waals surface area contributed by atoms with Gasteiger partial charge >= 0.3 is 5.97 Å². The summed E-state index contributed by atoms with van der Waals surface area (Å²) in [6, 6.07) is 15.5. The average Bonchev–Trinajstić information content (AvgIpc) is 3.05. The van der Waals surface area contributed by atoms with E-state index in [9.17, 15) is 13.2 Å². The van der Waals surface area contributed by atoms with Crippen molar-refractivity contribution in [3.05, 3.63) is 60.5 Å². The maximum absolute atomic E-state index is 11.5. The van der Waals surface area contributed by atoms with Gasteiger partial charge in [-0.3, -0.25) is 4.79 Å². The number of hydrogen-bond donors (Lipinski definition) is 2. The van der Waals surface area contributed by atoms with Crippen molar-refractivity contribution in [3.8, 4) is 22.6 Å². The highest BCUT2D eigenvalue weighted by Crippen LogP contribution is 2.33. The van der Waals surface area contributed by atoms with Crippen LogP contribution in [0.3, 0.4) is 0 Å². The molecule has 2 aromatic carbocycles. The average molecular weight is 400 g/mol. The third-order valence-corrected chi connectivity index (χ3v) is 5.14. The second kappa shape index (κ2) is 7.95. The highest BCUT2D eigenvalue weighted by Gasteiger charge is 2.20. The second-order valence-electron chi connectivity index (χ2n) is 6.63. The summed E-state index contributed by atoms with van der Waals surface area (Å²) in [5.74, 6) is -0.0960. The van der Waals surface area contributed by atoms with E-state index in [0.717, 1.165) is 5.56 Å². The van der Waals surface area contributed by atoms with E-state index in [0.29, 0.717) is 29.3 Å². The Kier molecular flexibility index (Phi) is 5.62. The summed E-state index contributed by atoms with van der Waals surface area (Å²) in [5.41, 5.74) is 2.10.